The van der Waals surface area contributed by atoms with Crippen molar-refractivity contribution < 1.29 is 22.4 Å². The van der Waals surface area contributed by atoms with E-state index >= 15 is 0 Å². The van der Waals surface area contributed by atoms with Crippen molar-refractivity contribution >= 4 is 26.8 Å². The number of ether oxygens (including phenoxy) is 1. The molecule has 8 nitrogen and oxygen atoms in total. The van der Waals surface area contributed by atoms with Gasteiger partial charge in [0.1, 0.15) is 24.3 Å². The highest BCUT2D eigenvalue weighted by Crippen LogP contribution is 2.24. The molecule has 0 saturated heterocycles. The second kappa shape index (κ2) is 9.53. The fourth-order valence-corrected chi connectivity index (χ4v) is 4.03. The van der Waals surface area contributed by atoms with Crippen LogP contribution in [-0.4, -0.2) is 42.8 Å². The third kappa shape index (κ3) is 5.64. The Morgan fingerprint density at radius 2 is 1.79 bits per heavy atom. The van der Waals surface area contributed by atoms with Gasteiger partial charge in [-0.1, -0.05) is 23.8 Å². The van der Waals surface area contributed by atoms with Gasteiger partial charge in [0.05, 0.1) is 22.7 Å². The van der Waals surface area contributed by atoms with Crippen molar-refractivity contribution in [3.8, 4) is 17.0 Å². The molecule has 1 atom stereocenters. The zero-order valence-electron chi connectivity index (χ0n) is 17.9. The molecule has 0 fully saturated rings. The van der Waals surface area contributed by atoms with Crippen molar-refractivity contribution in [3.63, 3.8) is 0 Å². The summed E-state index contributed by atoms with van der Waals surface area (Å²) in [5.74, 6) is 0.966. The van der Waals surface area contributed by atoms with Gasteiger partial charge in [-0.15, -0.1) is 0 Å². The summed E-state index contributed by atoms with van der Waals surface area (Å²) in [5.41, 5.74) is 8.96. The maximum atomic E-state index is 12.2. The highest BCUT2D eigenvalue weighted by molar-refractivity contribution is 7.86. The van der Waals surface area contributed by atoms with Crippen LogP contribution in [0.2, 0.25) is 0 Å². The minimum atomic E-state index is -3.95. The van der Waals surface area contributed by atoms with E-state index in [0.717, 1.165) is 27.7 Å². The van der Waals surface area contributed by atoms with Crippen molar-refractivity contribution in [2.24, 2.45) is 0 Å². The highest BCUT2D eigenvalue weighted by atomic mass is 32.2. The molecule has 3 N–H and O–H groups in total. The minimum Gasteiger partial charge on any atom is -0.491 e. The van der Waals surface area contributed by atoms with Gasteiger partial charge in [0.2, 0.25) is 0 Å². The van der Waals surface area contributed by atoms with E-state index in [2.05, 4.69) is 9.97 Å². The van der Waals surface area contributed by atoms with Crippen LogP contribution in [0.1, 0.15) is 5.56 Å². The van der Waals surface area contributed by atoms with Crippen LogP contribution < -0.4 is 10.5 Å². The fourth-order valence-electron chi connectivity index (χ4n) is 3.09. The number of hydrogen-bond acceptors (Lipinski definition) is 8. The number of nitrogens with zero attached hydrogens (tertiary/aromatic N) is 2. The Morgan fingerprint density at radius 3 is 2.52 bits per heavy atom. The lowest BCUT2D eigenvalue weighted by Gasteiger charge is -2.13. The topological polar surface area (TPSA) is 125 Å². The molecule has 2 aromatic carbocycles. The molecule has 0 bridgehead atoms. The predicted octanol–water partition coefficient (Wildman–Crippen LogP) is 3.33. The van der Waals surface area contributed by atoms with Crippen LogP contribution in [0.25, 0.3) is 22.2 Å². The Balaban J connectivity index is 1.36. The standard InChI is InChI=1S/C24H23N3O5S/c1-16-2-7-21(8-3-16)33(29,30)32-15-19(28)14-31-20-6-10-22-17(12-20)4-9-23(27-22)18-5-11-24(25)26-13-18/h2-13,19,28H,14-15H2,1H3,(H2,25,26). The second-order valence-corrected chi connectivity index (χ2v) is 9.15. The monoisotopic (exact) mass is 465 g/mol. The fraction of sp³-hybridized carbons (Fsp3) is 0.167. The maximum Gasteiger partial charge on any atom is 0.297 e. The Morgan fingerprint density at radius 1 is 1.00 bits per heavy atom. The van der Waals surface area contributed by atoms with Crippen LogP contribution in [0.15, 0.2) is 77.8 Å². The summed E-state index contributed by atoms with van der Waals surface area (Å²) in [4.78, 5) is 8.76. The molecule has 0 saturated carbocycles. The number of aliphatic hydroxyl groups is 1. The first-order valence-electron chi connectivity index (χ1n) is 10.2. The van der Waals surface area contributed by atoms with Crippen LogP contribution in [0.5, 0.6) is 5.75 Å². The van der Waals surface area contributed by atoms with E-state index < -0.39 is 22.8 Å². The lowest BCUT2D eigenvalue weighted by Crippen LogP contribution is -2.25. The van der Waals surface area contributed by atoms with Crippen LogP contribution >= 0.6 is 0 Å². The number of pyridine rings is 2. The Bertz CT molecular complexity index is 1360. The molecule has 2 heterocycles. The van der Waals surface area contributed by atoms with Crippen molar-refractivity contribution in [3.05, 3.63) is 78.5 Å². The summed E-state index contributed by atoms with van der Waals surface area (Å²) in [7, 11) is -3.95. The molecule has 1 unspecified atom stereocenters. The van der Waals surface area contributed by atoms with E-state index in [1.165, 1.54) is 12.1 Å². The molecule has 4 aromatic rings. The van der Waals surface area contributed by atoms with Crippen LogP contribution in [0, 0.1) is 6.92 Å². The number of anilines is 1. The van der Waals surface area contributed by atoms with E-state index in [0.29, 0.717) is 11.6 Å². The number of fused-ring (bicyclic) bond motifs is 1. The molecule has 0 aliphatic rings. The number of nitrogen functional groups attached to an aromatic ring is 1. The first-order chi connectivity index (χ1) is 15.8. The Hall–Kier alpha value is -3.53. The zero-order valence-corrected chi connectivity index (χ0v) is 18.7. The number of hydrogen-bond donors (Lipinski definition) is 2. The van der Waals surface area contributed by atoms with Gasteiger partial charge in [0.25, 0.3) is 10.1 Å². The van der Waals surface area contributed by atoms with Crippen LogP contribution in [0.3, 0.4) is 0 Å². The molecule has 0 amide bonds. The summed E-state index contributed by atoms with van der Waals surface area (Å²) < 4.78 is 35.0. The summed E-state index contributed by atoms with van der Waals surface area (Å²) in [6.45, 7) is 1.32. The molecule has 0 aliphatic carbocycles. The predicted molar refractivity (Wildman–Crippen MR) is 125 cm³/mol. The number of benzene rings is 2. The molecular weight excluding hydrogens is 442 g/mol. The SMILES string of the molecule is Cc1ccc(S(=O)(=O)OCC(O)COc2ccc3nc(-c4ccc(N)nc4)ccc3c2)cc1. The second-order valence-electron chi connectivity index (χ2n) is 7.54. The largest absolute Gasteiger partial charge is 0.491 e. The van der Waals surface area contributed by atoms with Gasteiger partial charge in [0.15, 0.2) is 0 Å². The average molecular weight is 466 g/mol. The number of aryl methyl sites for hydroxylation is 1. The van der Waals surface area contributed by atoms with Gasteiger partial charge in [0, 0.05) is 17.1 Å². The van der Waals surface area contributed by atoms with Gasteiger partial charge in [-0.2, -0.15) is 8.42 Å². The zero-order chi connectivity index (χ0) is 23.4. The molecule has 9 heteroatoms. The molecule has 0 spiro atoms. The molecule has 2 aromatic heterocycles. The molecule has 0 radical (unpaired) electrons. The molecule has 33 heavy (non-hydrogen) atoms. The first kappa shape index (κ1) is 22.7. The normalized spacial score (nSPS) is 12.5. The van der Waals surface area contributed by atoms with Crippen molar-refractivity contribution in [2.75, 3.05) is 18.9 Å². The van der Waals surface area contributed by atoms with Gasteiger partial charge in [-0.25, -0.2) is 9.97 Å². The number of rotatable bonds is 8. The lowest BCUT2D eigenvalue weighted by molar-refractivity contribution is 0.0649. The average Bonchev–Trinajstić information content (AvgIpc) is 2.82. The van der Waals surface area contributed by atoms with E-state index in [9.17, 15) is 13.5 Å². The third-order valence-corrected chi connectivity index (χ3v) is 6.21. The summed E-state index contributed by atoms with van der Waals surface area (Å²) >= 11 is 0. The van der Waals surface area contributed by atoms with E-state index in [4.69, 9.17) is 14.7 Å². The lowest BCUT2D eigenvalue weighted by atomic mass is 10.1. The number of aliphatic hydroxyl groups excluding tert-OH is 1. The van der Waals surface area contributed by atoms with E-state index in [1.807, 2.05) is 31.2 Å². The molecule has 4 rings (SSSR count). The summed E-state index contributed by atoms with van der Waals surface area (Å²) in [6.07, 6.45) is 0.545. The first-order valence-corrected chi connectivity index (χ1v) is 11.6. The van der Waals surface area contributed by atoms with Gasteiger partial charge >= 0.3 is 0 Å². The van der Waals surface area contributed by atoms with Gasteiger partial charge in [-0.3, -0.25) is 4.18 Å². The smallest absolute Gasteiger partial charge is 0.297 e. The number of nitrogens with two attached hydrogens (primary N) is 1. The quantitative estimate of drug-likeness (QED) is 0.380. The Labute approximate surface area is 191 Å². The Kier molecular flexibility index (Phi) is 6.55. The minimum absolute atomic E-state index is 0.0392. The molecule has 0 aliphatic heterocycles. The third-order valence-electron chi connectivity index (χ3n) is 4.91. The summed E-state index contributed by atoms with van der Waals surface area (Å²) in [5, 5.41) is 11.0. The van der Waals surface area contributed by atoms with Crippen LogP contribution in [-0.2, 0) is 14.3 Å². The van der Waals surface area contributed by atoms with E-state index in [-0.39, 0.29) is 11.5 Å². The van der Waals surface area contributed by atoms with Gasteiger partial charge < -0.3 is 15.6 Å². The van der Waals surface area contributed by atoms with Gasteiger partial charge in [-0.05, 0) is 55.5 Å². The number of aromatic nitrogens is 2. The maximum absolute atomic E-state index is 12.2. The van der Waals surface area contributed by atoms with E-state index in [1.54, 1.807) is 36.5 Å². The van der Waals surface area contributed by atoms with Crippen molar-refractivity contribution in [1.82, 2.24) is 9.97 Å². The highest BCUT2D eigenvalue weighted by Gasteiger charge is 2.18. The van der Waals surface area contributed by atoms with Crippen LogP contribution in [0.4, 0.5) is 5.82 Å². The summed E-state index contributed by atoms with van der Waals surface area (Å²) in [6, 6.07) is 19.0. The van der Waals surface area contributed by atoms with Crippen molar-refractivity contribution in [1.29, 1.82) is 0 Å². The molecular formula is C24H23N3O5S. The van der Waals surface area contributed by atoms with Crippen molar-refractivity contribution in [2.45, 2.75) is 17.9 Å². The molecule has 170 valence electrons.